The van der Waals surface area contributed by atoms with E-state index < -0.39 is 17.6 Å². The Bertz CT molecular complexity index is 765. The summed E-state index contributed by atoms with van der Waals surface area (Å²) in [7, 11) is 0. The molecule has 7 heteroatoms. The molecule has 0 aromatic heterocycles. The zero-order valence-electron chi connectivity index (χ0n) is 15.1. The molecule has 1 N–H and O–H groups in total. The molecule has 2 aromatic rings. The minimum Gasteiger partial charge on any atom is -0.369 e. The summed E-state index contributed by atoms with van der Waals surface area (Å²) in [6.07, 6.45) is -4.41. The molecule has 0 bridgehead atoms. The van der Waals surface area contributed by atoms with E-state index >= 15 is 0 Å². The van der Waals surface area contributed by atoms with Gasteiger partial charge in [0.05, 0.1) is 5.56 Å². The number of amides is 1. The zero-order chi connectivity index (χ0) is 19.4. The summed E-state index contributed by atoms with van der Waals surface area (Å²) < 4.78 is 37.8. The van der Waals surface area contributed by atoms with Gasteiger partial charge in [-0.15, -0.1) is 0 Å². The van der Waals surface area contributed by atoms with Crippen molar-refractivity contribution in [3.8, 4) is 0 Å². The van der Waals surface area contributed by atoms with E-state index in [9.17, 15) is 18.0 Å². The van der Waals surface area contributed by atoms with Crippen LogP contribution in [0.1, 0.15) is 22.8 Å². The Hall–Kier alpha value is -2.54. The van der Waals surface area contributed by atoms with Crippen LogP contribution in [0.15, 0.2) is 48.5 Å². The molecule has 1 fully saturated rings. The number of carbonyl (C=O) groups is 1. The number of likely N-dealkylation sites (N-methyl/N-ethyl adjacent to an activating group) is 1. The van der Waals surface area contributed by atoms with Gasteiger partial charge in [-0.2, -0.15) is 13.2 Å². The highest BCUT2D eigenvalue weighted by Crippen LogP contribution is 2.29. The van der Waals surface area contributed by atoms with E-state index in [1.165, 1.54) is 12.1 Å². The minimum absolute atomic E-state index is 0.183. The summed E-state index contributed by atoms with van der Waals surface area (Å²) >= 11 is 0. The van der Waals surface area contributed by atoms with Crippen molar-refractivity contribution in [2.24, 2.45) is 0 Å². The van der Waals surface area contributed by atoms with Crippen LogP contribution in [-0.2, 0) is 6.18 Å². The van der Waals surface area contributed by atoms with Crippen LogP contribution in [-0.4, -0.2) is 43.5 Å². The first-order valence-corrected chi connectivity index (χ1v) is 8.93. The second kappa shape index (κ2) is 8.00. The molecule has 0 aliphatic carbocycles. The third-order valence-electron chi connectivity index (χ3n) is 4.78. The van der Waals surface area contributed by atoms with Crippen LogP contribution in [0.3, 0.4) is 0 Å². The average molecular weight is 377 g/mol. The third kappa shape index (κ3) is 4.80. The summed E-state index contributed by atoms with van der Waals surface area (Å²) in [6, 6.07) is 11.7. The largest absolute Gasteiger partial charge is 0.416 e. The Balaban J connectivity index is 1.60. The Morgan fingerprint density at radius 1 is 0.963 bits per heavy atom. The topological polar surface area (TPSA) is 35.6 Å². The Kier molecular flexibility index (Phi) is 5.70. The maximum Gasteiger partial charge on any atom is 0.416 e. The molecule has 1 aliphatic heterocycles. The molecule has 0 spiro atoms. The van der Waals surface area contributed by atoms with Crippen LogP contribution in [0.2, 0.25) is 0 Å². The molecule has 144 valence electrons. The van der Waals surface area contributed by atoms with Gasteiger partial charge in [-0.25, -0.2) is 0 Å². The number of rotatable bonds is 4. The number of hydrogen-bond donors (Lipinski definition) is 1. The molecule has 4 nitrogen and oxygen atoms in total. The van der Waals surface area contributed by atoms with Gasteiger partial charge in [0.2, 0.25) is 0 Å². The molecule has 3 rings (SSSR count). The van der Waals surface area contributed by atoms with Crippen LogP contribution in [0, 0.1) is 0 Å². The fraction of sp³-hybridized carbons (Fsp3) is 0.350. The van der Waals surface area contributed by atoms with E-state index in [0.717, 1.165) is 50.5 Å². The van der Waals surface area contributed by atoms with E-state index in [1.807, 2.05) is 24.3 Å². The van der Waals surface area contributed by atoms with Crippen LogP contribution in [0.5, 0.6) is 0 Å². The predicted octanol–water partition coefficient (Wildman–Crippen LogP) is 4.10. The number of carbonyl (C=O) groups excluding carboxylic acids is 1. The van der Waals surface area contributed by atoms with Crippen molar-refractivity contribution in [3.05, 3.63) is 59.7 Å². The number of hydrogen-bond acceptors (Lipinski definition) is 3. The SMILES string of the molecule is CCN1CCN(c2ccc(NC(=O)c3ccc(C(F)(F)F)cc3)cc2)CC1. The van der Waals surface area contributed by atoms with Crippen molar-refractivity contribution in [2.45, 2.75) is 13.1 Å². The first-order chi connectivity index (χ1) is 12.9. The lowest BCUT2D eigenvalue weighted by molar-refractivity contribution is -0.137. The fourth-order valence-electron chi connectivity index (χ4n) is 3.09. The third-order valence-corrected chi connectivity index (χ3v) is 4.78. The predicted molar refractivity (Wildman–Crippen MR) is 100 cm³/mol. The first-order valence-electron chi connectivity index (χ1n) is 8.93. The second-order valence-corrected chi connectivity index (χ2v) is 6.50. The maximum absolute atomic E-state index is 12.6. The number of piperazine rings is 1. The molecular formula is C20H22F3N3O. The lowest BCUT2D eigenvalue weighted by Crippen LogP contribution is -2.46. The molecule has 2 aromatic carbocycles. The standard InChI is InChI=1S/C20H22F3N3O/c1-2-25-11-13-26(14-12-25)18-9-7-17(8-10-18)24-19(27)15-3-5-16(6-4-15)20(21,22)23/h3-10H,2,11-14H2,1H3,(H,24,27). The normalized spacial score (nSPS) is 15.6. The summed E-state index contributed by atoms with van der Waals surface area (Å²) in [6.45, 7) is 7.20. The number of anilines is 2. The Morgan fingerprint density at radius 3 is 2.07 bits per heavy atom. The lowest BCUT2D eigenvalue weighted by atomic mass is 10.1. The van der Waals surface area contributed by atoms with Crippen LogP contribution < -0.4 is 10.2 Å². The quantitative estimate of drug-likeness (QED) is 0.871. The zero-order valence-corrected chi connectivity index (χ0v) is 15.1. The highest BCUT2D eigenvalue weighted by molar-refractivity contribution is 6.04. The minimum atomic E-state index is -4.41. The van der Waals surface area contributed by atoms with Gasteiger partial charge in [0.1, 0.15) is 0 Å². The molecule has 1 aliphatic rings. The summed E-state index contributed by atoms with van der Waals surface area (Å²) in [5.74, 6) is -0.437. The molecule has 1 heterocycles. The van der Waals surface area contributed by atoms with Crippen molar-refractivity contribution >= 4 is 17.3 Å². The summed E-state index contributed by atoms with van der Waals surface area (Å²) in [4.78, 5) is 16.9. The number of halogens is 3. The highest BCUT2D eigenvalue weighted by atomic mass is 19.4. The molecule has 27 heavy (non-hydrogen) atoms. The lowest BCUT2D eigenvalue weighted by Gasteiger charge is -2.35. The van der Waals surface area contributed by atoms with Crippen molar-refractivity contribution in [1.29, 1.82) is 0 Å². The van der Waals surface area contributed by atoms with Gasteiger partial charge in [0.15, 0.2) is 0 Å². The van der Waals surface area contributed by atoms with E-state index in [4.69, 9.17) is 0 Å². The molecule has 0 unspecified atom stereocenters. The molecule has 1 amide bonds. The van der Waals surface area contributed by atoms with Gasteiger partial charge < -0.3 is 15.1 Å². The van der Waals surface area contributed by atoms with Gasteiger partial charge in [0, 0.05) is 43.1 Å². The first kappa shape index (κ1) is 19.2. The van der Waals surface area contributed by atoms with Crippen molar-refractivity contribution < 1.29 is 18.0 Å². The fourth-order valence-corrected chi connectivity index (χ4v) is 3.09. The molecule has 0 saturated carbocycles. The van der Waals surface area contributed by atoms with Gasteiger partial charge in [-0.3, -0.25) is 4.79 Å². The van der Waals surface area contributed by atoms with E-state index in [2.05, 4.69) is 22.0 Å². The van der Waals surface area contributed by atoms with E-state index in [0.29, 0.717) is 5.69 Å². The average Bonchev–Trinajstić information content (AvgIpc) is 2.68. The van der Waals surface area contributed by atoms with Gasteiger partial charge in [-0.1, -0.05) is 6.92 Å². The van der Waals surface area contributed by atoms with Crippen LogP contribution in [0.4, 0.5) is 24.5 Å². The number of nitrogens with one attached hydrogen (secondary N) is 1. The van der Waals surface area contributed by atoms with Crippen LogP contribution in [0.25, 0.3) is 0 Å². The van der Waals surface area contributed by atoms with E-state index in [1.54, 1.807) is 0 Å². The van der Waals surface area contributed by atoms with Crippen molar-refractivity contribution in [3.63, 3.8) is 0 Å². The molecule has 1 saturated heterocycles. The second-order valence-electron chi connectivity index (χ2n) is 6.50. The van der Waals surface area contributed by atoms with E-state index in [-0.39, 0.29) is 5.56 Å². The molecular weight excluding hydrogens is 355 g/mol. The summed E-state index contributed by atoms with van der Waals surface area (Å²) in [5, 5.41) is 2.72. The number of alkyl halides is 3. The van der Waals surface area contributed by atoms with Gasteiger partial charge >= 0.3 is 6.18 Å². The highest BCUT2D eigenvalue weighted by Gasteiger charge is 2.30. The van der Waals surface area contributed by atoms with Crippen LogP contribution >= 0.6 is 0 Å². The Labute approximate surface area is 156 Å². The van der Waals surface area contributed by atoms with Gasteiger partial charge in [0.25, 0.3) is 5.91 Å². The van der Waals surface area contributed by atoms with Crippen molar-refractivity contribution in [2.75, 3.05) is 42.9 Å². The monoisotopic (exact) mass is 377 g/mol. The molecule has 0 atom stereocenters. The smallest absolute Gasteiger partial charge is 0.369 e. The van der Waals surface area contributed by atoms with Crippen molar-refractivity contribution in [1.82, 2.24) is 4.90 Å². The van der Waals surface area contributed by atoms with Gasteiger partial charge in [-0.05, 0) is 55.1 Å². The number of nitrogens with zero attached hydrogens (tertiary/aromatic N) is 2. The number of benzene rings is 2. The summed E-state index contributed by atoms with van der Waals surface area (Å²) in [5.41, 5.74) is 1.11. The Morgan fingerprint density at radius 2 is 1.56 bits per heavy atom. The maximum atomic E-state index is 12.6. The molecule has 0 radical (unpaired) electrons.